The van der Waals surface area contributed by atoms with E-state index in [0.29, 0.717) is 18.2 Å². The van der Waals surface area contributed by atoms with Crippen LogP contribution < -0.4 is 15.6 Å². The number of benzene rings is 1. The standard InChI is InChI=1S/C16H21N3O2/c1-11(2)17-10-13-9-15(18-19(3)16(13)20)12-5-7-14(21-4)8-6-12/h5-9,11,17H,10H2,1-4H3. The molecular formula is C16H21N3O2. The van der Waals surface area contributed by atoms with Crippen molar-refractivity contribution in [1.82, 2.24) is 15.1 Å². The molecule has 0 fully saturated rings. The topological polar surface area (TPSA) is 56.1 Å². The van der Waals surface area contributed by atoms with Gasteiger partial charge in [0, 0.05) is 30.8 Å². The fraction of sp³-hybridized carbons (Fsp3) is 0.375. The molecule has 0 saturated carbocycles. The highest BCUT2D eigenvalue weighted by Gasteiger charge is 2.08. The number of ether oxygens (including phenoxy) is 1. The van der Waals surface area contributed by atoms with Gasteiger partial charge in [0.2, 0.25) is 0 Å². The van der Waals surface area contributed by atoms with Gasteiger partial charge in [-0.15, -0.1) is 0 Å². The van der Waals surface area contributed by atoms with Gasteiger partial charge in [0.15, 0.2) is 0 Å². The van der Waals surface area contributed by atoms with E-state index in [1.807, 2.05) is 30.3 Å². The lowest BCUT2D eigenvalue weighted by Gasteiger charge is -2.10. The van der Waals surface area contributed by atoms with E-state index >= 15 is 0 Å². The molecule has 1 heterocycles. The molecule has 112 valence electrons. The van der Waals surface area contributed by atoms with Crippen LogP contribution in [0.2, 0.25) is 0 Å². The summed E-state index contributed by atoms with van der Waals surface area (Å²) in [6, 6.07) is 9.81. The molecule has 0 radical (unpaired) electrons. The summed E-state index contributed by atoms with van der Waals surface area (Å²) >= 11 is 0. The lowest BCUT2D eigenvalue weighted by molar-refractivity contribution is 0.415. The molecule has 1 aromatic carbocycles. The van der Waals surface area contributed by atoms with Gasteiger partial charge in [-0.2, -0.15) is 5.10 Å². The highest BCUT2D eigenvalue weighted by Crippen LogP contribution is 2.20. The molecule has 5 nitrogen and oxygen atoms in total. The summed E-state index contributed by atoms with van der Waals surface area (Å²) in [5.74, 6) is 0.797. The van der Waals surface area contributed by atoms with Crippen LogP contribution in [0.1, 0.15) is 19.4 Å². The zero-order chi connectivity index (χ0) is 15.4. The molecule has 0 saturated heterocycles. The molecule has 21 heavy (non-hydrogen) atoms. The molecule has 1 aromatic heterocycles. The maximum atomic E-state index is 12.1. The quantitative estimate of drug-likeness (QED) is 0.913. The zero-order valence-electron chi connectivity index (χ0n) is 12.9. The molecule has 0 aliphatic rings. The summed E-state index contributed by atoms with van der Waals surface area (Å²) in [4.78, 5) is 12.1. The third-order valence-corrected chi connectivity index (χ3v) is 3.22. The van der Waals surface area contributed by atoms with E-state index in [0.717, 1.165) is 17.0 Å². The van der Waals surface area contributed by atoms with Gasteiger partial charge in [-0.05, 0) is 30.3 Å². The Hall–Kier alpha value is -2.14. The number of aromatic nitrogens is 2. The van der Waals surface area contributed by atoms with Crippen LogP contribution in [0.5, 0.6) is 5.75 Å². The average Bonchev–Trinajstić information content (AvgIpc) is 2.48. The Kier molecular flexibility index (Phi) is 4.75. The predicted molar refractivity (Wildman–Crippen MR) is 83.4 cm³/mol. The van der Waals surface area contributed by atoms with Crippen molar-refractivity contribution < 1.29 is 4.74 Å². The SMILES string of the molecule is COc1ccc(-c2cc(CNC(C)C)c(=O)n(C)n2)cc1. The number of methoxy groups -OCH3 is 1. The van der Waals surface area contributed by atoms with Crippen LogP contribution in [-0.4, -0.2) is 22.9 Å². The van der Waals surface area contributed by atoms with Crippen LogP contribution in [0.4, 0.5) is 0 Å². The minimum Gasteiger partial charge on any atom is -0.497 e. The number of nitrogens with zero attached hydrogens (tertiary/aromatic N) is 2. The molecule has 0 amide bonds. The van der Waals surface area contributed by atoms with Crippen LogP contribution in [0.25, 0.3) is 11.3 Å². The van der Waals surface area contributed by atoms with Crippen LogP contribution in [0.3, 0.4) is 0 Å². The van der Waals surface area contributed by atoms with Gasteiger partial charge in [0.25, 0.3) is 5.56 Å². The van der Waals surface area contributed by atoms with Gasteiger partial charge in [-0.1, -0.05) is 13.8 Å². The summed E-state index contributed by atoms with van der Waals surface area (Å²) < 4.78 is 6.54. The molecule has 0 spiro atoms. The monoisotopic (exact) mass is 287 g/mol. The van der Waals surface area contributed by atoms with E-state index in [1.165, 1.54) is 4.68 Å². The van der Waals surface area contributed by atoms with Crippen LogP contribution >= 0.6 is 0 Å². The van der Waals surface area contributed by atoms with Gasteiger partial charge in [0.05, 0.1) is 12.8 Å². The third kappa shape index (κ3) is 3.70. The van der Waals surface area contributed by atoms with Crippen LogP contribution in [0, 0.1) is 0 Å². The summed E-state index contributed by atoms with van der Waals surface area (Å²) in [6.07, 6.45) is 0. The Morgan fingerprint density at radius 1 is 1.29 bits per heavy atom. The second kappa shape index (κ2) is 6.54. The Labute approximate surface area is 124 Å². The summed E-state index contributed by atoms with van der Waals surface area (Å²) in [5.41, 5.74) is 2.38. The lowest BCUT2D eigenvalue weighted by atomic mass is 10.1. The first kappa shape index (κ1) is 15.3. The molecule has 1 N–H and O–H groups in total. The maximum Gasteiger partial charge on any atom is 0.271 e. The van der Waals surface area contributed by atoms with E-state index in [1.54, 1.807) is 14.2 Å². The highest BCUT2D eigenvalue weighted by atomic mass is 16.5. The average molecular weight is 287 g/mol. The first-order valence-corrected chi connectivity index (χ1v) is 6.96. The first-order chi connectivity index (χ1) is 10.0. The molecule has 0 atom stereocenters. The van der Waals surface area contributed by atoms with Gasteiger partial charge in [0.1, 0.15) is 5.75 Å². The van der Waals surface area contributed by atoms with E-state index < -0.39 is 0 Å². The lowest BCUT2D eigenvalue weighted by Crippen LogP contribution is -2.30. The molecule has 0 aliphatic carbocycles. The Balaban J connectivity index is 2.37. The molecule has 0 bridgehead atoms. The van der Waals surface area contributed by atoms with E-state index in [4.69, 9.17) is 4.74 Å². The number of aryl methyl sites for hydroxylation is 1. The van der Waals surface area contributed by atoms with Gasteiger partial charge < -0.3 is 10.1 Å². The Morgan fingerprint density at radius 3 is 2.52 bits per heavy atom. The summed E-state index contributed by atoms with van der Waals surface area (Å²) in [7, 11) is 3.31. The minimum absolute atomic E-state index is 0.0691. The number of nitrogens with one attached hydrogen (secondary N) is 1. The number of rotatable bonds is 5. The van der Waals surface area contributed by atoms with Crippen LogP contribution in [-0.2, 0) is 13.6 Å². The zero-order valence-corrected chi connectivity index (χ0v) is 12.9. The van der Waals surface area contributed by atoms with Crippen molar-refractivity contribution in [2.45, 2.75) is 26.4 Å². The van der Waals surface area contributed by atoms with Gasteiger partial charge in [-0.3, -0.25) is 4.79 Å². The van der Waals surface area contributed by atoms with Crippen LogP contribution in [0.15, 0.2) is 35.1 Å². The second-order valence-electron chi connectivity index (χ2n) is 5.25. The molecule has 2 aromatic rings. The molecule has 5 heteroatoms. The maximum absolute atomic E-state index is 12.1. The second-order valence-corrected chi connectivity index (χ2v) is 5.25. The van der Waals surface area contributed by atoms with Crippen molar-refractivity contribution >= 4 is 0 Å². The van der Waals surface area contributed by atoms with Gasteiger partial charge in [-0.25, -0.2) is 4.68 Å². The number of hydrogen-bond acceptors (Lipinski definition) is 4. The molecule has 2 rings (SSSR count). The van der Waals surface area contributed by atoms with Crippen molar-refractivity contribution in [3.8, 4) is 17.0 Å². The summed E-state index contributed by atoms with van der Waals surface area (Å²) in [6.45, 7) is 4.64. The number of hydrogen-bond donors (Lipinski definition) is 1. The molecular weight excluding hydrogens is 266 g/mol. The Morgan fingerprint density at radius 2 is 1.95 bits per heavy atom. The fourth-order valence-electron chi connectivity index (χ4n) is 2.01. The fourth-order valence-corrected chi connectivity index (χ4v) is 2.01. The van der Waals surface area contributed by atoms with Gasteiger partial charge >= 0.3 is 0 Å². The normalized spacial score (nSPS) is 10.9. The van der Waals surface area contributed by atoms with E-state index in [9.17, 15) is 4.79 Å². The summed E-state index contributed by atoms with van der Waals surface area (Å²) in [5, 5.41) is 7.59. The highest BCUT2D eigenvalue weighted by molar-refractivity contribution is 5.60. The van der Waals surface area contributed by atoms with Crippen molar-refractivity contribution in [1.29, 1.82) is 0 Å². The molecule has 0 unspecified atom stereocenters. The van der Waals surface area contributed by atoms with E-state index in [-0.39, 0.29) is 5.56 Å². The predicted octanol–water partition coefficient (Wildman–Crippen LogP) is 1.95. The van der Waals surface area contributed by atoms with Crippen molar-refractivity contribution in [2.75, 3.05) is 7.11 Å². The van der Waals surface area contributed by atoms with Crippen molar-refractivity contribution in [2.24, 2.45) is 7.05 Å². The molecule has 0 aliphatic heterocycles. The van der Waals surface area contributed by atoms with Crippen molar-refractivity contribution in [3.05, 3.63) is 46.2 Å². The largest absolute Gasteiger partial charge is 0.497 e. The smallest absolute Gasteiger partial charge is 0.271 e. The Bertz CT molecular complexity index is 660. The first-order valence-electron chi connectivity index (χ1n) is 6.96. The van der Waals surface area contributed by atoms with E-state index in [2.05, 4.69) is 24.3 Å². The minimum atomic E-state index is -0.0691. The third-order valence-electron chi connectivity index (χ3n) is 3.22. The van der Waals surface area contributed by atoms with Crippen molar-refractivity contribution in [3.63, 3.8) is 0 Å².